The van der Waals surface area contributed by atoms with Crippen LogP contribution in [0.2, 0.25) is 0 Å². The predicted octanol–water partition coefficient (Wildman–Crippen LogP) is 2.37. The van der Waals surface area contributed by atoms with Gasteiger partial charge in [-0.2, -0.15) is 0 Å². The number of nitrogens with zero attached hydrogens (tertiary/aromatic N) is 2. The minimum Gasteiger partial charge on any atom is -0.391 e. The highest BCUT2D eigenvalue weighted by molar-refractivity contribution is 5.32. The molecule has 116 valence electrons. The second kappa shape index (κ2) is 6.32. The Labute approximate surface area is 127 Å². The smallest absolute Gasteiger partial charge is 0.123 e. The summed E-state index contributed by atoms with van der Waals surface area (Å²) in [6.45, 7) is 2.30. The van der Waals surface area contributed by atoms with Crippen molar-refractivity contribution in [1.82, 2.24) is 9.88 Å². The quantitative estimate of drug-likeness (QED) is 0.893. The Balaban J connectivity index is 1.76. The lowest BCUT2D eigenvalue weighted by atomic mass is 9.83. The Kier molecular flexibility index (Phi) is 4.45. The number of aliphatic hydroxyl groups excluding tert-OH is 1. The van der Waals surface area contributed by atoms with Gasteiger partial charge in [0.15, 0.2) is 0 Å². The Morgan fingerprint density at radius 2 is 1.90 bits per heavy atom. The van der Waals surface area contributed by atoms with E-state index in [0.717, 1.165) is 31.5 Å². The maximum absolute atomic E-state index is 11.0. The van der Waals surface area contributed by atoms with Crippen LogP contribution in [0.5, 0.6) is 0 Å². The van der Waals surface area contributed by atoms with Crippen LogP contribution in [0.15, 0.2) is 18.3 Å². The highest BCUT2D eigenvalue weighted by atomic mass is 16.3. The first-order valence-electron chi connectivity index (χ1n) is 8.34. The van der Waals surface area contributed by atoms with E-state index >= 15 is 0 Å². The molecule has 3 rings (SSSR count). The Morgan fingerprint density at radius 1 is 1.19 bits per heavy atom. The highest BCUT2D eigenvalue weighted by Crippen LogP contribution is 2.40. The molecule has 1 aromatic heterocycles. The third-order valence-corrected chi connectivity index (χ3v) is 5.35. The van der Waals surface area contributed by atoms with Crippen molar-refractivity contribution in [3.8, 4) is 0 Å². The lowest BCUT2D eigenvalue weighted by molar-refractivity contribution is -0.0380. The minimum absolute atomic E-state index is 0.00154. The summed E-state index contributed by atoms with van der Waals surface area (Å²) in [4.78, 5) is 6.62. The van der Waals surface area contributed by atoms with Gasteiger partial charge in [-0.1, -0.05) is 19.3 Å². The number of aliphatic hydroxyl groups is 1. The van der Waals surface area contributed by atoms with Gasteiger partial charge in [-0.25, -0.2) is 4.98 Å². The fourth-order valence-corrected chi connectivity index (χ4v) is 4.22. The molecule has 1 atom stereocenters. The lowest BCUT2D eigenvalue weighted by Crippen LogP contribution is -2.57. The number of pyridine rings is 1. The average Bonchev–Trinajstić information content (AvgIpc) is 2.99. The topological polar surface area (TPSA) is 62.4 Å². The summed E-state index contributed by atoms with van der Waals surface area (Å²) < 4.78 is 0. The SMILES string of the molecule is Nc1cc(CC(O)C2(N3CCCCC3)CCCC2)ccn1. The maximum atomic E-state index is 11.0. The zero-order valence-electron chi connectivity index (χ0n) is 12.8. The number of anilines is 1. The van der Waals surface area contributed by atoms with Crippen LogP contribution in [0.4, 0.5) is 5.82 Å². The van der Waals surface area contributed by atoms with Crippen LogP contribution in [0.1, 0.15) is 50.5 Å². The van der Waals surface area contributed by atoms with Gasteiger partial charge in [-0.05, 0) is 56.5 Å². The molecule has 2 aliphatic rings. The summed E-state index contributed by atoms with van der Waals surface area (Å²) >= 11 is 0. The van der Waals surface area contributed by atoms with Crippen molar-refractivity contribution in [3.63, 3.8) is 0 Å². The van der Waals surface area contributed by atoms with Crippen LogP contribution in [0, 0.1) is 0 Å². The Morgan fingerprint density at radius 3 is 2.57 bits per heavy atom. The summed E-state index contributed by atoms with van der Waals surface area (Å²) in [5, 5.41) is 11.0. The zero-order chi connectivity index (χ0) is 14.7. The summed E-state index contributed by atoms with van der Waals surface area (Å²) in [7, 11) is 0. The third-order valence-electron chi connectivity index (χ3n) is 5.35. The second-order valence-corrected chi connectivity index (χ2v) is 6.67. The largest absolute Gasteiger partial charge is 0.391 e. The number of nitrogen functional groups attached to an aromatic ring is 1. The number of rotatable bonds is 4. The van der Waals surface area contributed by atoms with E-state index in [1.54, 1.807) is 6.20 Å². The van der Waals surface area contributed by atoms with E-state index in [1.807, 2.05) is 12.1 Å². The van der Waals surface area contributed by atoms with Crippen molar-refractivity contribution in [2.45, 2.75) is 63.0 Å². The molecule has 1 unspecified atom stereocenters. The van der Waals surface area contributed by atoms with Crippen molar-refractivity contribution in [3.05, 3.63) is 23.9 Å². The molecule has 21 heavy (non-hydrogen) atoms. The van der Waals surface area contributed by atoms with Gasteiger partial charge in [-0.15, -0.1) is 0 Å². The molecule has 0 spiro atoms. The Hall–Kier alpha value is -1.13. The van der Waals surface area contributed by atoms with Crippen LogP contribution < -0.4 is 5.73 Å². The van der Waals surface area contributed by atoms with Crippen molar-refractivity contribution < 1.29 is 5.11 Å². The van der Waals surface area contributed by atoms with Crippen LogP contribution in [-0.4, -0.2) is 39.7 Å². The average molecular weight is 289 g/mol. The van der Waals surface area contributed by atoms with E-state index in [1.165, 1.54) is 32.1 Å². The molecule has 3 N–H and O–H groups in total. The van der Waals surface area contributed by atoms with E-state index in [2.05, 4.69) is 9.88 Å². The molecule has 1 saturated heterocycles. The van der Waals surface area contributed by atoms with E-state index in [-0.39, 0.29) is 11.6 Å². The number of hydrogen-bond donors (Lipinski definition) is 2. The fraction of sp³-hybridized carbons (Fsp3) is 0.706. The van der Waals surface area contributed by atoms with E-state index in [4.69, 9.17) is 5.73 Å². The van der Waals surface area contributed by atoms with Gasteiger partial charge < -0.3 is 10.8 Å². The van der Waals surface area contributed by atoms with Crippen LogP contribution in [0.25, 0.3) is 0 Å². The highest BCUT2D eigenvalue weighted by Gasteiger charge is 2.45. The van der Waals surface area contributed by atoms with Gasteiger partial charge >= 0.3 is 0 Å². The summed E-state index contributed by atoms with van der Waals surface area (Å²) in [5.41, 5.74) is 6.85. The number of nitrogens with two attached hydrogens (primary N) is 1. The van der Waals surface area contributed by atoms with Gasteiger partial charge in [0.1, 0.15) is 5.82 Å². The molecule has 1 aliphatic heterocycles. The van der Waals surface area contributed by atoms with Crippen molar-refractivity contribution >= 4 is 5.82 Å². The summed E-state index contributed by atoms with van der Waals surface area (Å²) in [6.07, 6.45) is 10.8. The number of aromatic nitrogens is 1. The first kappa shape index (κ1) is 14.8. The first-order chi connectivity index (χ1) is 10.2. The number of likely N-dealkylation sites (tertiary alicyclic amines) is 1. The van der Waals surface area contributed by atoms with Crippen LogP contribution in [-0.2, 0) is 6.42 Å². The van der Waals surface area contributed by atoms with Gasteiger partial charge in [-0.3, -0.25) is 4.90 Å². The van der Waals surface area contributed by atoms with Crippen molar-refractivity contribution in [2.24, 2.45) is 0 Å². The standard InChI is InChI=1S/C17H27N3O/c18-16-13-14(6-9-19-16)12-15(21)17(7-2-3-8-17)20-10-4-1-5-11-20/h6,9,13,15,21H,1-5,7-8,10-12H2,(H2,18,19). The molecule has 1 aromatic rings. The molecule has 0 aromatic carbocycles. The van der Waals surface area contributed by atoms with Crippen molar-refractivity contribution in [1.29, 1.82) is 0 Å². The van der Waals surface area contributed by atoms with Gasteiger partial charge in [0.2, 0.25) is 0 Å². The molecule has 1 saturated carbocycles. The molecular weight excluding hydrogens is 262 g/mol. The zero-order valence-corrected chi connectivity index (χ0v) is 12.8. The predicted molar refractivity (Wildman–Crippen MR) is 85.0 cm³/mol. The second-order valence-electron chi connectivity index (χ2n) is 6.67. The van der Waals surface area contributed by atoms with E-state index in [9.17, 15) is 5.11 Å². The molecule has 4 nitrogen and oxygen atoms in total. The third kappa shape index (κ3) is 3.06. The fourth-order valence-electron chi connectivity index (χ4n) is 4.22. The van der Waals surface area contributed by atoms with Crippen molar-refractivity contribution in [2.75, 3.05) is 18.8 Å². The van der Waals surface area contributed by atoms with E-state index < -0.39 is 0 Å². The number of piperidine rings is 1. The van der Waals surface area contributed by atoms with Gasteiger partial charge in [0.25, 0.3) is 0 Å². The van der Waals surface area contributed by atoms with Gasteiger partial charge in [0.05, 0.1) is 6.10 Å². The van der Waals surface area contributed by atoms with Crippen LogP contribution >= 0.6 is 0 Å². The molecule has 2 heterocycles. The number of hydrogen-bond acceptors (Lipinski definition) is 4. The van der Waals surface area contributed by atoms with Crippen LogP contribution in [0.3, 0.4) is 0 Å². The molecule has 0 bridgehead atoms. The Bertz CT molecular complexity index is 465. The van der Waals surface area contributed by atoms with E-state index in [0.29, 0.717) is 12.2 Å². The molecule has 0 radical (unpaired) electrons. The first-order valence-corrected chi connectivity index (χ1v) is 8.34. The lowest BCUT2D eigenvalue weighted by Gasteiger charge is -2.46. The molecular formula is C17H27N3O. The minimum atomic E-state index is -0.306. The molecule has 1 aliphatic carbocycles. The van der Waals surface area contributed by atoms with Gasteiger partial charge in [0, 0.05) is 18.2 Å². The summed E-state index contributed by atoms with van der Waals surface area (Å²) in [6, 6.07) is 3.86. The molecule has 0 amide bonds. The molecule has 4 heteroatoms. The maximum Gasteiger partial charge on any atom is 0.123 e. The molecule has 2 fully saturated rings. The normalized spacial score (nSPS) is 24.0. The monoisotopic (exact) mass is 289 g/mol. The summed E-state index contributed by atoms with van der Waals surface area (Å²) in [5.74, 6) is 0.540.